The third-order valence-electron chi connectivity index (χ3n) is 11.6. The summed E-state index contributed by atoms with van der Waals surface area (Å²) in [6, 6.07) is 3.52. The van der Waals surface area contributed by atoms with Gasteiger partial charge in [-0.1, -0.05) is 67.0 Å². The van der Waals surface area contributed by atoms with Gasteiger partial charge in [0.05, 0.1) is 49.1 Å². The zero-order chi connectivity index (χ0) is 45.4. The number of hydrogen-bond acceptors (Lipinski definition) is 12. The second kappa shape index (κ2) is 24.6. The fraction of sp³-hybridized carbons (Fsp3) is 0.698. The van der Waals surface area contributed by atoms with E-state index in [-0.39, 0.29) is 60.8 Å². The molecular formula is C43H73N9O8. The van der Waals surface area contributed by atoms with Crippen LogP contribution in [0.4, 0.5) is 5.69 Å². The van der Waals surface area contributed by atoms with Gasteiger partial charge in [-0.25, -0.2) is 0 Å². The average Bonchev–Trinajstić information content (AvgIpc) is 3.68. The van der Waals surface area contributed by atoms with Crippen LogP contribution in [0.2, 0.25) is 0 Å². The number of ether oxygens (including phenoxy) is 3. The number of carbonyl (C=O) groups excluding carboxylic acids is 5. The standard InChI is InChI=1S/C43H73N9O8/c1-13-27(6)38(51(10)43(57)36(25(2)3)49-42(56)37(26(4)5)50(8)9)33(58-11)22-35(53)52-20-14-15-32(52)39(59-12)28(7)40(54)48-31(21-34(46)60-24-44)41(55)47-23-29-16-18-30(45)19-17-29/h16-19,24-28,31-33,36-39,44,46H,13-15,20-23,45H2,1-12H3,(H,47,55)(H,48,54)(H,49,56)/t27-,28+,31-,32-,33+,36-,37-,38-,39+/m0/s1. The first-order chi connectivity index (χ1) is 28.2. The van der Waals surface area contributed by atoms with Crippen molar-refractivity contribution in [1.82, 2.24) is 30.7 Å². The number of likely N-dealkylation sites (tertiary alicyclic amines) is 1. The number of benzene rings is 1. The van der Waals surface area contributed by atoms with E-state index in [1.807, 2.05) is 60.5 Å². The molecule has 1 saturated heterocycles. The normalized spacial score (nSPS) is 18.1. The number of carbonyl (C=O) groups is 5. The lowest BCUT2D eigenvalue weighted by atomic mass is 9.89. The van der Waals surface area contributed by atoms with Crippen molar-refractivity contribution in [3.8, 4) is 0 Å². The van der Waals surface area contributed by atoms with Crippen molar-refractivity contribution in [3.05, 3.63) is 29.8 Å². The van der Waals surface area contributed by atoms with Gasteiger partial charge in [-0.15, -0.1) is 0 Å². The summed E-state index contributed by atoms with van der Waals surface area (Å²) in [5, 5.41) is 23.8. The van der Waals surface area contributed by atoms with E-state index in [9.17, 15) is 24.0 Å². The topological polar surface area (TPSA) is 233 Å². The quantitative estimate of drug-likeness (QED) is 0.0506. The highest BCUT2D eigenvalue weighted by molar-refractivity contribution is 5.93. The highest BCUT2D eigenvalue weighted by atomic mass is 16.5. The van der Waals surface area contributed by atoms with Crippen molar-refractivity contribution in [2.75, 3.05) is 47.6 Å². The highest BCUT2D eigenvalue weighted by Crippen LogP contribution is 2.30. The van der Waals surface area contributed by atoms with Crippen LogP contribution in [0.3, 0.4) is 0 Å². The fourth-order valence-corrected chi connectivity index (χ4v) is 8.18. The second-order valence-corrected chi connectivity index (χ2v) is 16.9. The molecule has 0 aromatic heterocycles. The number of nitrogens with zero attached hydrogens (tertiary/aromatic N) is 3. The molecule has 1 aromatic rings. The lowest BCUT2D eigenvalue weighted by Crippen LogP contribution is -2.59. The predicted molar refractivity (Wildman–Crippen MR) is 232 cm³/mol. The van der Waals surface area contributed by atoms with Crippen molar-refractivity contribution >= 4 is 47.5 Å². The van der Waals surface area contributed by atoms with E-state index in [1.165, 1.54) is 14.2 Å². The SMILES string of the molecule is CC[C@H](C)[C@@H]([C@@H](CC(=O)N1CCC[C@H]1[C@H](OC)[C@@H](C)C(=O)N[C@@H](CC(=N)OC=N)C(=O)NCc1ccc(N)cc1)OC)N(C)C(=O)[C@@H](NC(=O)[C@H](C(C)C)N(C)C)C(C)C. The minimum Gasteiger partial charge on any atom is -0.433 e. The van der Waals surface area contributed by atoms with E-state index in [2.05, 4.69) is 16.0 Å². The van der Waals surface area contributed by atoms with E-state index in [1.54, 1.807) is 48.0 Å². The monoisotopic (exact) mass is 844 g/mol. The molecule has 5 amide bonds. The van der Waals surface area contributed by atoms with E-state index < -0.39 is 60.1 Å². The average molecular weight is 844 g/mol. The predicted octanol–water partition coefficient (Wildman–Crippen LogP) is 3.01. The molecule has 0 bridgehead atoms. The molecule has 1 aromatic carbocycles. The molecule has 9 atom stereocenters. The van der Waals surface area contributed by atoms with Crippen LogP contribution < -0.4 is 21.7 Å². The van der Waals surface area contributed by atoms with Crippen molar-refractivity contribution in [2.45, 2.75) is 130 Å². The van der Waals surface area contributed by atoms with Crippen molar-refractivity contribution in [2.24, 2.45) is 23.7 Å². The number of nitrogen functional groups attached to an aromatic ring is 1. The second-order valence-electron chi connectivity index (χ2n) is 16.9. The van der Waals surface area contributed by atoms with Gasteiger partial charge in [-0.05, 0) is 62.4 Å². The number of methoxy groups -OCH3 is 2. The van der Waals surface area contributed by atoms with Gasteiger partial charge >= 0.3 is 0 Å². The molecule has 0 spiro atoms. The molecule has 7 N–H and O–H groups in total. The number of amides is 5. The Kier molecular flexibility index (Phi) is 21.1. The summed E-state index contributed by atoms with van der Waals surface area (Å²) in [5.41, 5.74) is 7.13. The van der Waals surface area contributed by atoms with Crippen LogP contribution in [0.1, 0.15) is 86.1 Å². The Morgan fingerprint density at radius 3 is 2.07 bits per heavy atom. The molecule has 1 aliphatic rings. The van der Waals surface area contributed by atoms with Gasteiger partial charge in [-0.2, -0.15) is 0 Å². The third kappa shape index (κ3) is 14.3. The largest absolute Gasteiger partial charge is 0.433 e. The Balaban J connectivity index is 2.29. The van der Waals surface area contributed by atoms with Gasteiger partial charge in [0.25, 0.3) is 0 Å². The number of hydrogen-bond donors (Lipinski definition) is 6. The Bertz CT molecular complexity index is 1580. The molecule has 338 valence electrons. The molecule has 0 unspecified atom stereocenters. The van der Waals surface area contributed by atoms with Crippen LogP contribution in [0.5, 0.6) is 0 Å². The first-order valence-corrected chi connectivity index (χ1v) is 21.0. The summed E-state index contributed by atoms with van der Waals surface area (Å²) in [7, 11) is 8.38. The fourth-order valence-electron chi connectivity index (χ4n) is 8.18. The summed E-state index contributed by atoms with van der Waals surface area (Å²) in [6.45, 7) is 14.0. The summed E-state index contributed by atoms with van der Waals surface area (Å²) in [5.74, 6) is -3.28. The van der Waals surface area contributed by atoms with Crippen molar-refractivity contribution < 1.29 is 38.2 Å². The molecule has 0 aliphatic carbocycles. The van der Waals surface area contributed by atoms with Gasteiger partial charge in [0.15, 0.2) is 12.3 Å². The van der Waals surface area contributed by atoms with E-state index in [4.69, 9.17) is 30.8 Å². The van der Waals surface area contributed by atoms with Gasteiger partial charge in [0, 0.05) is 40.0 Å². The number of anilines is 1. The molecule has 0 saturated carbocycles. The molecular weight excluding hydrogens is 771 g/mol. The third-order valence-corrected chi connectivity index (χ3v) is 11.6. The summed E-state index contributed by atoms with van der Waals surface area (Å²) in [4.78, 5) is 74.4. The van der Waals surface area contributed by atoms with Crippen LogP contribution >= 0.6 is 0 Å². The molecule has 0 radical (unpaired) electrons. The molecule has 17 heteroatoms. The highest BCUT2D eigenvalue weighted by Gasteiger charge is 2.43. The van der Waals surface area contributed by atoms with Crippen molar-refractivity contribution in [3.63, 3.8) is 0 Å². The lowest BCUT2D eigenvalue weighted by molar-refractivity contribution is -0.148. The number of nitrogens with one attached hydrogen (secondary N) is 5. The van der Waals surface area contributed by atoms with Crippen LogP contribution in [-0.2, 0) is 44.7 Å². The summed E-state index contributed by atoms with van der Waals surface area (Å²) >= 11 is 0. The first kappa shape index (κ1) is 51.5. The Morgan fingerprint density at radius 2 is 1.55 bits per heavy atom. The van der Waals surface area contributed by atoms with Gasteiger partial charge < -0.3 is 45.7 Å². The van der Waals surface area contributed by atoms with Crippen molar-refractivity contribution in [1.29, 1.82) is 10.8 Å². The van der Waals surface area contributed by atoms with Crippen LogP contribution in [-0.4, -0.2) is 141 Å². The molecule has 17 nitrogen and oxygen atoms in total. The Hall–Kier alpha value is -4.61. The zero-order valence-electron chi connectivity index (χ0n) is 37.9. The molecule has 2 rings (SSSR count). The van der Waals surface area contributed by atoms with Gasteiger partial charge in [-0.3, -0.25) is 39.7 Å². The van der Waals surface area contributed by atoms with E-state index in [0.29, 0.717) is 37.9 Å². The summed E-state index contributed by atoms with van der Waals surface area (Å²) in [6.07, 6.45) is 0.715. The number of rotatable bonds is 24. The molecule has 60 heavy (non-hydrogen) atoms. The van der Waals surface area contributed by atoms with Gasteiger partial charge in [0.2, 0.25) is 29.5 Å². The van der Waals surface area contributed by atoms with E-state index >= 15 is 0 Å². The van der Waals surface area contributed by atoms with Crippen LogP contribution in [0.25, 0.3) is 0 Å². The van der Waals surface area contributed by atoms with Crippen LogP contribution in [0.15, 0.2) is 24.3 Å². The number of likely N-dealkylation sites (N-methyl/N-ethyl adjacent to an activating group) is 2. The van der Waals surface area contributed by atoms with Gasteiger partial charge in [0.1, 0.15) is 12.1 Å². The molecule has 1 aliphatic heterocycles. The molecule has 1 fully saturated rings. The summed E-state index contributed by atoms with van der Waals surface area (Å²) < 4.78 is 16.8. The first-order valence-electron chi connectivity index (χ1n) is 21.0. The maximum Gasteiger partial charge on any atom is 0.245 e. The maximum absolute atomic E-state index is 14.3. The minimum atomic E-state index is -1.20. The number of nitrogens with two attached hydrogens (primary N) is 1. The Morgan fingerprint density at radius 1 is 0.917 bits per heavy atom. The van der Waals surface area contributed by atoms with Crippen LogP contribution in [0, 0.1) is 34.5 Å². The lowest BCUT2D eigenvalue weighted by Gasteiger charge is -2.41. The zero-order valence-corrected chi connectivity index (χ0v) is 37.9. The maximum atomic E-state index is 14.3. The Labute approximate surface area is 357 Å². The van der Waals surface area contributed by atoms with E-state index in [0.717, 1.165) is 5.56 Å². The minimum absolute atomic E-state index is 0.0192. The molecule has 1 heterocycles. The smallest absolute Gasteiger partial charge is 0.245 e.